The molecule has 0 saturated carbocycles. The molecule has 0 aliphatic carbocycles. The van der Waals surface area contributed by atoms with Crippen LogP contribution < -0.4 is 5.32 Å². The lowest BCUT2D eigenvalue weighted by molar-refractivity contribution is -0.282. The largest absolute Gasteiger partial charge is 0.456 e. The first kappa shape index (κ1) is 12.6. The van der Waals surface area contributed by atoms with Crippen LogP contribution in [0.3, 0.4) is 0 Å². The van der Waals surface area contributed by atoms with Crippen molar-refractivity contribution in [3.8, 4) is 0 Å². The molecule has 0 fully saturated rings. The molecule has 78 valence electrons. The van der Waals surface area contributed by atoms with Gasteiger partial charge < -0.3 is 5.32 Å². The van der Waals surface area contributed by atoms with Crippen molar-refractivity contribution in [2.45, 2.75) is 24.0 Å². The Hall–Kier alpha value is -0.400. The van der Waals surface area contributed by atoms with Gasteiger partial charge in [0.25, 0.3) is 0 Å². The van der Waals surface area contributed by atoms with E-state index in [1.54, 1.807) is 0 Å². The minimum atomic E-state index is -5.69. The summed E-state index contributed by atoms with van der Waals surface area (Å²) in [5, 5.41) is 1.40. The number of alkyl halides is 6. The Morgan fingerprint density at radius 1 is 1.31 bits per heavy atom. The third-order valence-corrected chi connectivity index (χ3v) is 1.83. The van der Waals surface area contributed by atoms with Crippen molar-refractivity contribution in [3.05, 3.63) is 0 Å². The molecule has 0 aromatic rings. The molecular formula is C5H5BrF5NO. The van der Waals surface area contributed by atoms with Crippen LogP contribution in [0.5, 0.6) is 0 Å². The van der Waals surface area contributed by atoms with E-state index in [2.05, 4.69) is 0 Å². The van der Waals surface area contributed by atoms with Gasteiger partial charge in [0, 0.05) is 6.92 Å². The molecule has 0 aromatic heterocycles. The highest BCUT2D eigenvalue weighted by molar-refractivity contribution is 9.09. The van der Waals surface area contributed by atoms with Gasteiger partial charge in [0.05, 0.1) is 0 Å². The Labute approximate surface area is 78.6 Å². The summed E-state index contributed by atoms with van der Waals surface area (Å²) < 4.78 is 59.4. The molecule has 0 aliphatic rings. The molecule has 8 heteroatoms. The fourth-order valence-corrected chi connectivity index (χ4v) is 0.995. The molecule has 0 saturated heterocycles. The summed E-state index contributed by atoms with van der Waals surface area (Å²) in [6.45, 7) is 0.834. The van der Waals surface area contributed by atoms with E-state index in [1.165, 1.54) is 5.32 Å². The number of rotatable bonds is 2. The van der Waals surface area contributed by atoms with Crippen molar-refractivity contribution in [1.82, 2.24) is 5.32 Å². The number of hydrogen-bond donors (Lipinski definition) is 1. The second-order valence-corrected chi connectivity index (χ2v) is 3.10. The van der Waals surface area contributed by atoms with Crippen LogP contribution in [-0.4, -0.2) is 23.0 Å². The molecule has 1 unspecified atom stereocenters. The van der Waals surface area contributed by atoms with Gasteiger partial charge in [0.15, 0.2) is 4.95 Å². The molecule has 0 aliphatic heterocycles. The summed E-state index contributed by atoms with van der Waals surface area (Å²) in [6.07, 6.45) is -5.69. The van der Waals surface area contributed by atoms with Gasteiger partial charge in [-0.3, -0.25) is 4.79 Å². The van der Waals surface area contributed by atoms with Crippen LogP contribution in [0.4, 0.5) is 22.0 Å². The fraction of sp³-hybridized carbons (Fsp3) is 0.800. The highest BCUT2D eigenvalue weighted by atomic mass is 79.9. The lowest BCUT2D eigenvalue weighted by Crippen LogP contribution is -2.51. The standard InChI is InChI=1S/C5H5BrF5NO/c1-2(13)12-3(6)4(7,8)5(9,10)11/h3H,1H3,(H,12,13). The zero-order chi connectivity index (χ0) is 10.9. The predicted octanol–water partition coefficient (Wildman–Crippen LogP) is 2.04. The minimum Gasteiger partial charge on any atom is -0.338 e. The Bertz CT molecular complexity index is 204. The van der Waals surface area contributed by atoms with Crippen LogP contribution in [0.1, 0.15) is 6.92 Å². The monoisotopic (exact) mass is 269 g/mol. The van der Waals surface area contributed by atoms with Crippen LogP contribution in [0, 0.1) is 0 Å². The first-order chi connectivity index (χ1) is 5.59. The van der Waals surface area contributed by atoms with Gasteiger partial charge in [-0.1, -0.05) is 15.9 Å². The number of carbonyl (C=O) groups excluding carboxylic acids is 1. The molecule has 0 bridgehead atoms. The Kier molecular flexibility index (Phi) is 3.65. The Balaban J connectivity index is 4.54. The molecule has 0 rings (SSSR count). The van der Waals surface area contributed by atoms with Crippen molar-refractivity contribution < 1.29 is 26.7 Å². The van der Waals surface area contributed by atoms with Crippen LogP contribution in [0.25, 0.3) is 0 Å². The van der Waals surface area contributed by atoms with Gasteiger partial charge in [-0.05, 0) is 0 Å². The fourth-order valence-electron chi connectivity index (χ4n) is 0.413. The van der Waals surface area contributed by atoms with E-state index in [0.29, 0.717) is 0 Å². The normalized spacial score (nSPS) is 15.3. The van der Waals surface area contributed by atoms with Gasteiger partial charge in [-0.2, -0.15) is 22.0 Å². The molecule has 1 atom stereocenters. The maximum atomic E-state index is 12.3. The molecule has 1 amide bonds. The first-order valence-corrected chi connectivity index (χ1v) is 3.86. The first-order valence-electron chi connectivity index (χ1n) is 2.94. The van der Waals surface area contributed by atoms with E-state index in [9.17, 15) is 26.7 Å². The summed E-state index contributed by atoms with van der Waals surface area (Å²) in [4.78, 5) is 7.74. The Morgan fingerprint density at radius 2 is 1.69 bits per heavy atom. The summed E-state index contributed by atoms with van der Waals surface area (Å²) in [5.74, 6) is -5.97. The maximum absolute atomic E-state index is 12.3. The SMILES string of the molecule is CC(=O)NC(Br)C(F)(F)C(F)(F)F. The van der Waals surface area contributed by atoms with E-state index < -0.39 is 23.0 Å². The average molecular weight is 270 g/mol. The van der Waals surface area contributed by atoms with E-state index in [-0.39, 0.29) is 0 Å². The third-order valence-electron chi connectivity index (χ3n) is 1.03. The highest BCUT2D eigenvalue weighted by Gasteiger charge is 2.62. The maximum Gasteiger partial charge on any atom is 0.456 e. The molecule has 0 spiro atoms. The van der Waals surface area contributed by atoms with Crippen molar-refractivity contribution in [1.29, 1.82) is 0 Å². The van der Waals surface area contributed by atoms with E-state index in [4.69, 9.17) is 0 Å². The predicted molar refractivity (Wildman–Crippen MR) is 37.5 cm³/mol. The number of nitrogens with one attached hydrogen (secondary N) is 1. The average Bonchev–Trinajstić information content (AvgIpc) is 1.82. The summed E-state index contributed by atoms with van der Waals surface area (Å²) in [6, 6.07) is 0. The number of hydrogen-bond acceptors (Lipinski definition) is 1. The number of halogens is 6. The van der Waals surface area contributed by atoms with Crippen molar-refractivity contribution >= 4 is 21.8 Å². The Morgan fingerprint density at radius 3 is 1.92 bits per heavy atom. The number of carbonyl (C=O) groups is 1. The molecule has 0 radical (unpaired) electrons. The minimum absolute atomic E-state index is 0.834. The quantitative estimate of drug-likeness (QED) is 0.464. The van der Waals surface area contributed by atoms with Gasteiger partial charge in [-0.25, -0.2) is 0 Å². The summed E-state index contributed by atoms with van der Waals surface area (Å²) in [7, 11) is 0. The van der Waals surface area contributed by atoms with Gasteiger partial charge in [-0.15, -0.1) is 0 Å². The van der Waals surface area contributed by atoms with Crippen LogP contribution >= 0.6 is 15.9 Å². The van der Waals surface area contributed by atoms with E-state index in [1.807, 2.05) is 15.9 Å². The molecule has 13 heavy (non-hydrogen) atoms. The zero-order valence-corrected chi connectivity index (χ0v) is 7.84. The second-order valence-electron chi connectivity index (χ2n) is 2.18. The van der Waals surface area contributed by atoms with Gasteiger partial charge >= 0.3 is 12.1 Å². The highest BCUT2D eigenvalue weighted by Crippen LogP contribution is 2.39. The molecule has 0 heterocycles. The second kappa shape index (κ2) is 3.77. The number of amides is 1. The molecular weight excluding hydrogens is 265 g/mol. The van der Waals surface area contributed by atoms with Crippen molar-refractivity contribution in [2.75, 3.05) is 0 Å². The van der Waals surface area contributed by atoms with Gasteiger partial charge in [0.1, 0.15) is 0 Å². The van der Waals surface area contributed by atoms with Crippen LogP contribution in [0.2, 0.25) is 0 Å². The van der Waals surface area contributed by atoms with Crippen LogP contribution in [0.15, 0.2) is 0 Å². The third kappa shape index (κ3) is 3.09. The van der Waals surface area contributed by atoms with Gasteiger partial charge in [0.2, 0.25) is 5.91 Å². The van der Waals surface area contributed by atoms with Crippen molar-refractivity contribution in [2.24, 2.45) is 0 Å². The van der Waals surface area contributed by atoms with E-state index in [0.717, 1.165) is 6.92 Å². The summed E-state index contributed by atoms with van der Waals surface area (Å²) in [5.41, 5.74) is 0. The lowest BCUT2D eigenvalue weighted by Gasteiger charge is -2.24. The smallest absolute Gasteiger partial charge is 0.338 e. The van der Waals surface area contributed by atoms with Crippen LogP contribution in [-0.2, 0) is 4.79 Å². The molecule has 0 aromatic carbocycles. The zero-order valence-electron chi connectivity index (χ0n) is 6.25. The molecule has 2 nitrogen and oxygen atoms in total. The topological polar surface area (TPSA) is 29.1 Å². The molecule has 1 N–H and O–H groups in total. The van der Waals surface area contributed by atoms with Crippen molar-refractivity contribution in [3.63, 3.8) is 0 Å². The van der Waals surface area contributed by atoms with E-state index >= 15 is 0 Å². The lowest BCUT2D eigenvalue weighted by atomic mass is 10.3. The summed E-state index contributed by atoms with van der Waals surface area (Å²) >= 11 is 2.03.